The summed E-state index contributed by atoms with van der Waals surface area (Å²) in [5.41, 5.74) is 2.32. The van der Waals surface area contributed by atoms with Gasteiger partial charge in [0.15, 0.2) is 0 Å². The maximum absolute atomic E-state index is 12.8. The number of nitrogens with zero attached hydrogens (tertiary/aromatic N) is 2. The van der Waals surface area contributed by atoms with E-state index in [-0.39, 0.29) is 65.5 Å². The van der Waals surface area contributed by atoms with Gasteiger partial charge in [0.05, 0.1) is 20.1 Å². The first-order valence-corrected chi connectivity index (χ1v) is 20.8. The molecular weight excluding hydrogens is 632 g/mol. The van der Waals surface area contributed by atoms with Crippen molar-refractivity contribution in [3.8, 4) is 0 Å². The average Bonchev–Trinajstić information content (AvgIpc) is 3.41. The molecule has 1 N–H and O–H groups in total. The van der Waals surface area contributed by atoms with E-state index in [0.29, 0.717) is 32.1 Å². The second-order valence-corrected chi connectivity index (χ2v) is 20.7. The number of allylic oxidation sites excluding steroid dienone is 5. The van der Waals surface area contributed by atoms with Crippen molar-refractivity contribution in [2.45, 2.75) is 135 Å². The predicted molar refractivity (Wildman–Crippen MR) is 189 cm³/mol. The molecule has 0 spiro atoms. The van der Waals surface area contributed by atoms with Crippen LogP contribution in [0.3, 0.4) is 0 Å². The Morgan fingerprint density at radius 1 is 0.812 bits per heavy atom. The monoisotopic (exact) mass is 692 g/mol. The summed E-state index contributed by atoms with van der Waals surface area (Å²) in [6.07, 6.45) is 12.7. The second kappa shape index (κ2) is 19.4. The molecule has 11 nitrogen and oxygen atoms in total. The van der Waals surface area contributed by atoms with Crippen LogP contribution in [0.15, 0.2) is 36.1 Å². The average molecular weight is 693 g/mol. The van der Waals surface area contributed by atoms with Crippen LogP contribution in [0.1, 0.15) is 98.8 Å². The van der Waals surface area contributed by atoms with Gasteiger partial charge in [0.25, 0.3) is 0 Å². The Kier molecular flexibility index (Phi) is 16.7. The molecule has 0 aliphatic heterocycles. The molecule has 2 aliphatic rings. The highest BCUT2D eigenvalue weighted by atomic mass is 28.3. The van der Waals surface area contributed by atoms with E-state index in [2.05, 4.69) is 45.6 Å². The topological polar surface area (TPSA) is 159 Å². The third-order valence-corrected chi connectivity index (χ3v) is 15.8. The fourth-order valence-corrected chi connectivity index (χ4v) is 8.14. The molecule has 272 valence electrons. The molecule has 48 heavy (non-hydrogen) atoms. The number of carbonyl (C=O) groups excluding carboxylic acids is 2. The molecule has 0 amide bonds. The van der Waals surface area contributed by atoms with E-state index in [0.717, 1.165) is 12.8 Å². The zero-order valence-electron chi connectivity index (χ0n) is 30.2. The van der Waals surface area contributed by atoms with Crippen LogP contribution >= 0.6 is 0 Å². The normalized spacial score (nSPS) is 28.1. The first-order valence-electron chi connectivity index (χ1n) is 17.7. The van der Waals surface area contributed by atoms with Crippen LogP contribution in [0.25, 0.3) is 0 Å². The number of hydrogen-bond acceptors (Lipinski definition) is 9. The summed E-state index contributed by atoms with van der Waals surface area (Å²) < 4.78 is 11.7. The Morgan fingerprint density at radius 2 is 1.29 bits per heavy atom. The summed E-state index contributed by atoms with van der Waals surface area (Å²) in [4.78, 5) is 47.6. The van der Waals surface area contributed by atoms with Crippen molar-refractivity contribution in [1.82, 2.24) is 0 Å². The van der Waals surface area contributed by atoms with Crippen LogP contribution in [0.4, 0.5) is 0 Å². The number of aliphatic hydroxyl groups is 1. The molecule has 0 bridgehead atoms. The van der Waals surface area contributed by atoms with Crippen LogP contribution < -0.4 is 0 Å². The van der Waals surface area contributed by atoms with Gasteiger partial charge in [-0.2, -0.15) is 0 Å². The van der Waals surface area contributed by atoms with Crippen LogP contribution in [-0.4, -0.2) is 66.4 Å². The van der Waals surface area contributed by atoms with Gasteiger partial charge in [0.2, 0.25) is 13.1 Å². The van der Waals surface area contributed by atoms with Crippen molar-refractivity contribution in [3.63, 3.8) is 0 Å². The van der Waals surface area contributed by atoms with Gasteiger partial charge in [0, 0.05) is 46.9 Å². The van der Waals surface area contributed by atoms with E-state index in [1.807, 2.05) is 38.2 Å². The summed E-state index contributed by atoms with van der Waals surface area (Å²) in [7, 11) is -1.55. The van der Waals surface area contributed by atoms with Gasteiger partial charge in [-0.15, -0.1) is 0 Å². The van der Waals surface area contributed by atoms with Crippen molar-refractivity contribution >= 4 is 20.0 Å². The number of carbonyl (C=O) groups is 2. The van der Waals surface area contributed by atoms with Gasteiger partial charge in [-0.3, -0.25) is 29.8 Å². The number of nitro groups is 2. The maximum Gasteiger partial charge on any atom is 0.306 e. The van der Waals surface area contributed by atoms with Crippen molar-refractivity contribution in [1.29, 1.82) is 0 Å². The molecule has 2 fully saturated rings. The molecule has 2 aliphatic carbocycles. The molecule has 8 atom stereocenters. The Bertz CT molecular complexity index is 1160. The predicted octanol–water partition coefficient (Wildman–Crippen LogP) is 7.49. The quantitative estimate of drug-likeness (QED) is 0.0361. The molecule has 0 heterocycles. The molecule has 0 aromatic heterocycles. The third kappa shape index (κ3) is 13.2. The molecule has 2 saturated carbocycles. The first kappa shape index (κ1) is 41.3. The van der Waals surface area contributed by atoms with Crippen molar-refractivity contribution in [3.05, 3.63) is 56.3 Å². The lowest BCUT2D eigenvalue weighted by Crippen LogP contribution is -2.34. The van der Waals surface area contributed by atoms with Gasteiger partial charge < -0.3 is 14.6 Å². The summed E-state index contributed by atoms with van der Waals surface area (Å²) in [6.45, 7) is 14.6. The van der Waals surface area contributed by atoms with Gasteiger partial charge in [0.1, 0.15) is 12.2 Å². The second-order valence-electron chi connectivity index (χ2n) is 15.4. The van der Waals surface area contributed by atoms with Crippen molar-refractivity contribution in [2.24, 2.45) is 29.6 Å². The van der Waals surface area contributed by atoms with E-state index < -0.39 is 49.7 Å². The molecular formula is C36H60N2O9Si. The first-order chi connectivity index (χ1) is 22.5. The summed E-state index contributed by atoms with van der Waals surface area (Å²) >= 11 is 0. The summed E-state index contributed by atoms with van der Waals surface area (Å²) in [6, 6.07) is 0. The van der Waals surface area contributed by atoms with Gasteiger partial charge >= 0.3 is 11.9 Å². The van der Waals surface area contributed by atoms with E-state index in [1.54, 1.807) is 0 Å². The molecule has 0 aromatic carbocycles. The number of hydrogen-bond donors (Lipinski definition) is 1. The van der Waals surface area contributed by atoms with Crippen molar-refractivity contribution < 1.29 is 34.0 Å². The molecule has 0 radical (unpaired) electrons. The standard InChI is InChI=1S/C36H60N2O9Si/c1-8-9-10-12-19-34(40)46-32-22-26(2)29(24-37(42)43)27(32)17-14-15-18-28-30(25-38(44)45)31(39)23-33(28)47-35(41)20-13-11-16-21-48(6,7)36(3,4)5/h8-9,14-16,21,26-33,39H,10-13,17-20,22-25H2,1-7H3/b9-8+,15-14+,21-16+/t26-,27-,28-,29+,30-,31-,32+,33+/m1/s1. The number of aliphatic hydroxyl groups excluding tert-OH is 1. The van der Waals surface area contributed by atoms with Gasteiger partial charge in [-0.1, -0.05) is 76.9 Å². The third-order valence-electron chi connectivity index (χ3n) is 10.8. The molecule has 0 unspecified atom stereocenters. The highest BCUT2D eigenvalue weighted by Crippen LogP contribution is 2.42. The smallest absolute Gasteiger partial charge is 0.306 e. The minimum absolute atomic E-state index is 0.00964. The molecule has 0 saturated heterocycles. The van der Waals surface area contributed by atoms with Gasteiger partial charge in [-0.05, 0) is 62.8 Å². The number of unbranched alkanes of at least 4 members (excludes halogenated alkanes) is 2. The van der Waals surface area contributed by atoms with E-state index in [9.17, 15) is 34.9 Å². The summed E-state index contributed by atoms with van der Waals surface area (Å²) in [5, 5.41) is 33.9. The zero-order chi connectivity index (χ0) is 36.1. The van der Waals surface area contributed by atoms with Crippen LogP contribution in [0, 0.1) is 49.8 Å². The van der Waals surface area contributed by atoms with E-state index >= 15 is 0 Å². The molecule has 12 heteroatoms. The van der Waals surface area contributed by atoms with E-state index in [1.165, 1.54) is 0 Å². The largest absolute Gasteiger partial charge is 0.462 e. The Morgan fingerprint density at radius 3 is 1.79 bits per heavy atom. The lowest BCUT2D eigenvalue weighted by Gasteiger charge is -2.34. The lowest BCUT2D eigenvalue weighted by molar-refractivity contribution is -0.491. The van der Waals surface area contributed by atoms with E-state index in [4.69, 9.17) is 9.47 Å². The fraction of sp³-hybridized carbons (Fsp3) is 0.778. The highest BCUT2D eigenvalue weighted by molar-refractivity contribution is 6.84. The van der Waals surface area contributed by atoms with Crippen LogP contribution in [0.2, 0.25) is 18.1 Å². The fourth-order valence-electron chi connectivity index (χ4n) is 6.89. The Hall–Kier alpha value is -2.86. The number of rotatable bonds is 19. The lowest BCUT2D eigenvalue weighted by atomic mass is 9.86. The van der Waals surface area contributed by atoms with Crippen LogP contribution in [-0.2, 0) is 19.1 Å². The SMILES string of the molecule is C/C=C/CCCC(=O)O[C@H]1C[C@@H](C)[C@H](C[N+](=O)[O-])[C@H]1C/C=C/C[C@@H]1[C@@H](C[N+](=O)[O-])[C@H](O)C[C@@H]1OC(=O)CCC/C=C/[Si](C)(C)C(C)(C)C. The Balaban J connectivity index is 2.06. The Labute approximate surface area is 287 Å². The minimum Gasteiger partial charge on any atom is -0.462 e. The van der Waals surface area contributed by atoms with Gasteiger partial charge in [-0.25, -0.2) is 0 Å². The maximum atomic E-state index is 12.8. The minimum atomic E-state index is -1.55. The number of ether oxygens (including phenoxy) is 2. The molecule has 2 rings (SSSR count). The highest BCUT2D eigenvalue weighted by Gasteiger charge is 2.47. The zero-order valence-corrected chi connectivity index (χ0v) is 31.2. The van der Waals surface area contributed by atoms with Crippen LogP contribution in [0.5, 0.6) is 0 Å². The summed E-state index contributed by atoms with van der Waals surface area (Å²) in [5.74, 6) is -2.26. The van der Waals surface area contributed by atoms with Crippen molar-refractivity contribution in [2.75, 3.05) is 13.1 Å². The molecule has 0 aromatic rings. The number of esters is 2.